The molecule has 1 radical (unpaired) electrons. The summed E-state index contributed by atoms with van der Waals surface area (Å²) in [5, 5.41) is 10.7. The van der Waals surface area contributed by atoms with Gasteiger partial charge in [0.05, 0.1) is 0 Å². The summed E-state index contributed by atoms with van der Waals surface area (Å²) < 4.78 is 1.48. The Kier molecular flexibility index (Phi) is 1.55. The van der Waals surface area contributed by atoms with Crippen LogP contribution in [0.4, 0.5) is 0 Å². The van der Waals surface area contributed by atoms with Gasteiger partial charge in [-0.3, -0.25) is 0 Å². The maximum absolute atomic E-state index is 4.12. The summed E-state index contributed by atoms with van der Waals surface area (Å²) in [6.07, 6.45) is 1.49. The summed E-state index contributed by atoms with van der Waals surface area (Å²) in [5.41, 5.74) is 0.697. The van der Waals surface area contributed by atoms with Gasteiger partial charge in [-0.1, -0.05) is 6.07 Å². The Morgan fingerprint density at radius 2 is 2.25 bits per heavy atom. The van der Waals surface area contributed by atoms with Crippen LogP contribution in [0.3, 0.4) is 0 Å². The van der Waals surface area contributed by atoms with Gasteiger partial charge in [0.2, 0.25) is 0 Å². The third-order valence-corrected chi connectivity index (χ3v) is 1.38. The highest BCUT2D eigenvalue weighted by molar-refractivity contribution is 5.23. The standard InChI is InChI=1S/C7H6N5/c1-6-3-2-4-7(9-6)12-5-8-10-11-12/h2-5H,1H2. The third-order valence-electron chi connectivity index (χ3n) is 1.38. The molecule has 2 rings (SSSR count). The van der Waals surface area contributed by atoms with Crippen molar-refractivity contribution in [1.29, 1.82) is 0 Å². The fourth-order valence-corrected chi connectivity index (χ4v) is 0.861. The molecule has 0 atom stereocenters. The zero-order valence-electron chi connectivity index (χ0n) is 6.25. The molecule has 5 nitrogen and oxygen atoms in total. The molecule has 12 heavy (non-hydrogen) atoms. The molecule has 0 fully saturated rings. The Morgan fingerprint density at radius 1 is 1.33 bits per heavy atom. The van der Waals surface area contributed by atoms with Gasteiger partial charge in [-0.2, -0.15) is 4.68 Å². The van der Waals surface area contributed by atoms with Crippen molar-refractivity contribution in [3.05, 3.63) is 37.1 Å². The smallest absolute Gasteiger partial charge is 0.157 e. The Balaban J connectivity index is 2.48. The quantitative estimate of drug-likeness (QED) is 0.599. The molecule has 0 bridgehead atoms. The van der Waals surface area contributed by atoms with Crippen LogP contribution in [0.25, 0.3) is 5.82 Å². The molecule has 0 aromatic carbocycles. The van der Waals surface area contributed by atoms with Gasteiger partial charge >= 0.3 is 0 Å². The first kappa shape index (κ1) is 6.90. The molecule has 2 aromatic heterocycles. The zero-order chi connectivity index (χ0) is 8.39. The highest BCUT2D eigenvalue weighted by atomic mass is 15.5. The molecule has 0 spiro atoms. The molecule has 0 amide bonds. The van der Waals surface area contributed by atoms with E-state index in [1.54, 1.807) is 0 Å². The molecule has 0 N–H and O–H groups in total. The van der Waals surface area contributed by atoms with Crippen LogP contribution in [-0.2, 0) is 0 Å². The molecule has 0 saturated carbocycles. The number of hydrogen-bond donors (Lipinski definition) is 0. The molecule has 0 aliphatic carbocycles. The van der Waals surface area contributed by atoms with E-state index in [4.69, 9.17) is 0 Å². The summed E-state index contributed by atoms with van der Waals surface area (Å²) in [7, 11) is 0. The molecular formula is C7H6N5. The fourth-order valence-electron chi connectivity index (χ4n) is 0.861. The predicted octanol–water partition coefficient (Wildman–Crippen LogP) is 0.239. The molecule has 0 unspecified atom stereocenters. The molecule has 0 aliphatic rings. The van der Waals surface area contributed by atoms with Crippen LogP contribution in [-0.4, -0.2) is 25.2 Å². The van der Waals surface area contributed by atoms with E-state index in [-0.39, 0.29) is 0 Å². The van der Waals surface area contributed by atoms with Gasteiger partial charge in [-0.15, -0.1) is 5.10 Å². The van der Waals surface area contributed by atoms with Gasteiger partial charge in [0.1, 0.15) is 6.33 Å². The minimum absolute atomic E-state index is 0.674. The average Bonchev–Trinajstić information content (AvgIpc) is 2.56. The first-order valence-electron chi connectivity index (χ1n) is 3.38. The highest BCUT2D eigenvalue weighted by Gasteiger charge is 1.97. The number of tetrazole rings is 1. The first-order chi connectivity index (χ1) is 5.86. The Bertz CT molecular complexity index is 367. The van der Waals surface area contributed by atoms with E-state index >= 15 is 0 Å². The van der Waals surface area contributed by atoms with Crippen molar-refractivity contribution in [1.82, 2.24) is 25.2 Å². The molecule has 0 saturated heterocycles. The monoisotopic (exact) mass is 160 g/mol. The van der Waals surface area contributed by atoms with E-state index in [1.165, 1.54) is 11.0 Å². The molecule has 5 heteroatoms. The van der Waals surface area contributed by atoms with E-state index in [0.29, 0.717) is 11.5 Å². The van der Waals surface area contributed by atoms with E-state index in [2.05, 4.69) is 27.4 Å². The second-order valence-corrected chi connectivity index (χ2v) is 2.24. The topological polar surface area (TPSA) is 56.5 Å². The maximum atomic E-state index is 4.12. The molecule has 2 aromatic rings. The van der Waals surface area contributed by atoms with E-state index in [0.717, 1.165) is 0 Å². The van der Waals surface area contributed by atoms with Gasteiger partial charge in [-0.05, 0) is 29.5 Å². The lowest BCUT2D eigenvalue weighted by Gasteiger charge is -1.97. The average molecular weight is 160 g/mol. The second-order valence-electron chi connectivity index (χ2n) is 2.24. The molecular weight excluding hydrogens is 154 g/mol. The Hall–Kier alpha value is -1.78. The van der Waals surface area contributed by atoms with Crippen LogP contribution >= 0.6 is 0 Å². The van der Waals surface area contributed by atoms with Gasteiger partial charge in [0.15, 0.2) is 5.82 Å². The van der Waals surface area contributed by atoms with Crippen LogP contribution in [0, 0.1) is 6.92 Å². The summed E-state index contributed by atoms with van der Waals surface area (Å²) in [5.74, 6) is 0.674. The van der Waals surface area contributed by atoms with Crippen LogP contribution in [0.5, 0.6) is 0 Å². The normalized spacial score (nSPS) is 10.1. The first-order valence-corrected chi connectivity index (χ1v) is 3.38. The number of hydrogen-bond acceptors (Lipinski definition) is 4. The predicted molar refractivity (Wildman–Crippen MR) is 41.4 cm³/mol. The number of rotatable bonds is 1. The fraction of sp³-hybridized carbons (Fsp3) is 0. The van der Waals surface area contributed by atoms with Crippen molar-refractivity contribution in [2.45, 2.75) is 0 Å². The van der Waals surface area contributed by atoms with Gasteiger partial charge < -0.3 is 0 Å². The largest absolute Gasteiger partial charge is 0.234 e. The highest BCUT2D eigenvalue weighted by Crippen LogP contribution is 2.00. The van der Waals surface area contributed by atoms with Crippen molar-refractivity contribution < 1.29 is 0 Å². The van der Waals surface area contributed by atoms with Gasteiger partial charge in [0.25, 0.3) is 0 Å². The molecule has 0 aliphatic heterocycles. The van der Waals surface area contributed by atoms with Crippen LogP contribution in [0.1, 0.15) is 5.69 Å². The number of nitrogens with zero attached hydrogens (tertiary/aromatic N) is 5. The van der Waals surface area contributed by atoms with Crippen molar-refractivity contribution in [2.24, 2.45) is 0 Å². The van der Waals surface area contributed by atoms with Crippen LogP contribution in [0.15, 0.2) is 24.5 Å². The molecule has 2 heterocycles. The Labute approximate surface area is 69.1 Å². The van der Waals surface area contributed by atoms with E-state index < -0.39 is 0 Å². The zero-order valence-corrected chi connectivity index (χ0v) is 6.25. The van der Waals surface area contributed by atoms with Crippen LogP contribution < -0.4 is 0 Å². The van der Waals surface area contributed by atoms with Gasteiger partial charge in [0, 0.05) is 5.69 Å². The van der Waals surface area contributed by atoms with Crippen LogP contribution in [0.2, 0.25) is 0 Å². The Morgan fingerprint density at radius 3 is 2.92 bits per heavy atom. The van der Waals surface area contributed by atoms with Crippen molar-refractivity contribution in [2.75, 3.05) is 0 Å². The summed E-state index contributed by atoms with van der Waals surface area (Å²) in [4.78, 5) is 4.12. The van der Waals surface area contributed by atoms with Gasteiger partial charge in [-0.25, -0.2) is 4.98 Å². The summed E-state index contributed by atoms with van der Waals surface area (Å²) in [6, 6.07) is 5.48. The minimum atomic E-state index is 0.674. The number of pyridine rings is 1. The second kappa shape index (κ2) is 2.69. The minimum Gasteiger partial charge on any atom is -0.234 e. The molecule has 59 valence electrons. The lowest BCUT2D eigenvalue weighted by atomic mass is 10.4. The summed E-state index contributed by atoms with van der Waals surface area (Å²) >= 11 is 0. The lowest BCUT2D eigenvalue weighted by molar-refractivity contribution is 0.769. The lowest BCUT2D eigenvalue weighted by Crippen LogP contribution is -1.98. The van der Waals surface area contributed by atoms with E-state index in [1.807, 2.05) is 18.2 Å². The SMILES string of the molecule is [CH2]c1cccc(-n2cnnn2)n1. The maximum Gasteiger partial charge on any atom is 0.157 e. The van der Waals surface area contributed by atoms with Crippen molar-refractivity contribution >= 4 is 0 Å². The third kappa shape index (κ3) is 1.16. The van der Waals surface area contributed by atoms with Crippen molar-refractivity contribution in [3.8, 4) is 5.82 Å². The van der Waals surface area contributed by atoms with Crippen molar-refractivity contribution in [3.63, 3.8) is 0 Å². The van der Waals surface area contributed by atoms with E-state index in [9.17, 15) is 0 Å². The summed E-state index contributed by atoms with van der Waals surface area (Å²) in [6.45, 7) is 3.70. The number of aromatic nitrogens is 5.